The number of methoxy groups -OCH3 is 1. The molecule has 1 aromatic carbocycles. The van der Waals surface area contributed by atoms with Crippen molar-refractivity contribution in [3.63, 3.8) is 0 Å². The van der Waals surface area contributed by atoms with Crippen LogP contribution in [0.4, 0.5) is 5.69 Å². The summed E-state index contributed by atoms with van der Waals surface area (Å²) >= 11 is 0. The van der Waals surface area contributed by atoms with Crippen molar-refractivity contribution in [1.29, 1.82) is 0 Å². The van der Waals surface area contributed by atoms with Crippen molar-refractivity contribution in [2.24, 2.45) is 7.05 Å². The number of hydrogen-bond donors (Lipinski definition) is 1. The number of nitrogens with zero attached hydrogens (tertiary/aromatic N) is 4. The molecule has 0 spiro atoms. The summed E-state index contributed by atoms with van der Waals surface area (Å²) in [5.74, 6) is 0.286. The molecule has 2 aromatic heterocycles. The number of H-pyrrole nitrogens is 1. The van der Waals surface area contributed by atoms with Crippen LogP contribution in [-0.2, 0) is 27.1 Å². The van der Waals surface area contributed by atoms with Gasteiger partial charge < -0.3 is 9.72 Å². The molecule has 0 atom stereocenters. The molecule has 0 unspecified atom stereocenters. The molecule has 3 aromatic rings. The fraction of sp³-hybridized carbons (Fsp3) is 0.267. The van der Waals surface area contributed by atoms with Crippen LogP contribution in [0.3, 0.4) is 0 Å². The van der Waals surface area contributed by atoms with Gasteiger partial charge in [-0.25, -0.2) is 21.8 Å². The fourth-order valence-electron chi connectivity index (χ4n) is 2.78. The van der Waals surface area contributed by atoms with Crippen LogP contribution in [-0.4, -0.2) is 56.2 Å². The Morgan fingerprint density at radius 2 is 1.79 bits per heavy atom. The van der Waals surface area contributed by atoms with Crippen molar-refractivity contribution >= 4 is 36.8 Å². The number of rotatable bonds is 5. The highest BCUT2D eigenvalue weighted by molar-refractivity contribution is 8.09. The van der Waals surface area contributed by atoms with E-state index in [0.29, 0.717) is 20.3 Å². The topological polar surface area (TPSA) is 144 Å². The van der Waals surface area contributed by atoms with Crippen LogP contribution in [0.2, 0.25) is 0 Å². The van der Waals surface area contributed by atoms with Crippen molar-refractivity contribution in [2.45, 2.75) is 0 Å². The first kappa shape index (κ1) is 19.8. The number of hydrogen-bond acceptors (Lipinski definition) is 8. The van der Waals surface area contributed by atoms with Crippen molar-refractivity contribution in [3.8, 4) is 17.1 Å². The predicted molar refractivity (Wildman–Crippen MR) is 103 cm³/mol. The van der Waals surface area contributed by atoms with Gasteiger partial charge in [0.25, 0.3) is 5.56 Å². The molecule has 0 saturated heterocycles. The number of anilines is 1. The molecule has 11 nitrogen and oxygen atoms in total. The van der Waals surface area contributed by atoms with Crippen LogP contribution in [0.25, 0.3) is 22.4 Å². The van der Waals surface area contributed by atoms with Crippen LogP contribution in [0.15, 0.2) is 29.2 Å². The van der Waals surface area contributed by atoms with Gasteiger partial charge in [0.2, 0.25) is 20.0 Å². The lowest BCUT2D eigenvalue weighted by molar-refractivity contribution is 0.416. The number of benzene rings is 1. The van der Waals surface area contributed by atoms with Crippen molar-refractivity contribution in [1.82, 2.24) is 19.7 Å². The van der Waals surface area contributed by atoms with E-state index in [2.05, 4.69) is 15.1 Å². The molecule has 150 valence electrons. The molecule has 0 fully saturated rings. The first-order chi connectivity index (χ1) is 12.9. The van der Waals surface area contributed by atoms with Gasteiger partial charge in [-0.2, -0.15) is 8.81 Å². The maximum atomic E-state index is 12.3. The highest BCUT2D eigenvalue weighted by Crippen LogP contribution is 2.33. The van der Waals surface area contributed by atoms with Gasteiger partial charge in [-0.15, -0.1) is 0 Å². The maximum absolute atomic E-state index is 12.3. The molecule has 1 N–H and O–H groups in total. The molecule has 0 aliphatic heterocycles. The highest BCUT2D eigenvalue weighted by Gasteiger charge is 2.28. The fourth-order valence-corrected chi connectivity index (χ4v) is 5.74. The molecule has 0 radical (unpaired) electrons. The van der Waals surface area contributed by atoms with E-state index < -0.39 is 25.6 Å². The Morgan fingerprint density at radius 3 is 2.36 bits per heavy atom. The van der Waals surface area contributed by atoms with Gasteiger partial charge in [-0.1, -0.05) is 0 Å². The van der Waals surface area contributed by atoms with E-state index in [1.807, 2.05) is 0 Å². The first-order valence-electron chi connectivity index (χ1n) is 7.74. The number of fused-ring (bicyclic) bond motifs is 1. The predicted octanol–water partition coefficient (Wildman–Crippen LogP) is 0.0578. The highest BCUT2D eigenvalue weighted by atomic mass is 32.3. The van der Waals surface area contributed by atoms with E-state index >= 15 is 0 Å². The summed E-state index contributed by atoms with van der Waals surface area (Å²) in [6, 6.07) is 3.94. The zero-order chi connectivity index (χ0) is 20.9. The van der Waals surface area contributed by atoms with Gasteiger partial charge in [0.1, 0.15) is 17.0 Å². The third-order valence-corrected chi connectivity index (χ3v) is 7.11. The lowest BCUT2D eigenvalue weighted by Gasteiger charge is -2.21. The van der Waals surface area contributed by atoms with E-state index in [4.69, 9.17) is 4.74 Å². The van der Waals surface area contributed by atoms with E-state index in [-0.39, 0.29) is 17.3 Å². The van der Waals surface area contributed by atoms with Gasteiger partial charge in [0.05, 0.1) is 37.1 Å². The monoisotopic (exact) mass is 427 g/mol. The summed E-state index contributed by atoms with van der Waals surface area (Å²) in [7, 11) is -5.25. The first-order valence-corrected chi connectivity index (χ1v) is 11.4. The van der Waals surface area contributed by atoms with Gasteiger partial charge >= 0.3 is 0 Å². The number of nitrogens with one attached hydrogen (secondary N) is 1. The molecule has 28 heavy (non-hydrogen) atoms. The van der Waals surface area contributed by atoms with Crippen molar-refractivity contribution in [3.05, 3.63) is 34.7 Å². The molecule has 0 saturated carbocycles. The molecule has 0 amide bonds. The van der Waals surface area contributed by atoms with Gasteiger partial charge in [-0.05, 0) is 12.1 Å². The number of aromatic nitrogens is 4. The average molecular weight is 427 g/mol. The third kappa shape index (κ3) is 3.45. The number of aromatic amines is 1. The number of sulfonamides is 2. The van der Waals surface area contributed by atoms with Gasteiger partial charge in [-0.3, -0.25) is 9.48 Å². The van der Waals surface area contributed by atoms with Crippen molar-refractivity contribution in [2.75, 3.05) is 23.3 Å². The Labute approximate surface area is 160 Å². The quantitative estimate of drug-likeness (QED) is 0.602. The maximum Gasteiger partial charge on any atom is 0.262 e. The average Bonchev–Trinajstić information content (AvgIpc) is 2.94. The smallest absolute Gasteiger partial charge is 0.262 e. The Morgan fingerprint density at radius 1 is 1.14 bits per heavy atom. The van der Waals surface area contributed by atoms with E-state index in [9.17, 15) is 21.6 Å². The molecular weight excluding hydrogens is 410 g/mol. The van der Waals surface area contributed by atoms with Gasteiger partial charge in [0, 0.05) is 13.1 Å². The molecular formula is C15H17N5O6S2. The van der Waals surface area contributed by atoms with Crippen LogP contribution < -0.4 is 14.0 Å². The normalized spacial score (nSPS) is 12.3. The molecule has 3 rings (SSSR count). The Bertz CT molecular complexity index is 1310. The largest absolute Gasteiger partial charge is 0.496 e. The minimum Gasteiger partial charge on any atom is -0.496 e. The molecule has 0 aliphatic rings. The molecule has 2 heterocycles. The summed E-state index contributed by atoms with van der Waals surface area (Å²) in [4.78, 5) is 19.2. The molecule has 0 aliphatic carbocycles. The second kappa shape index (κ2) is 6.60. The van der Waals surface area contributed by atoms with Gasteiger partial charge in [0.15, 0.2) is 5.65 Å². The zero-order valence-corrected chi connectivity index (χ0v) is 17.0. The summed E-state index contributed by atoms with van der Waals surface area (Å²) < 4.78 is 54.9. The van der Waals surface area contributed by atoms with Crippen LogP contribution in [0.5, 0.6) is 5.75 Å². The standard InChI is InChI=1S/C15H17N5O6S2/c1-19-14-11(8-16-19)15(21)18-13(17-14)10-6-5-9(7-12(10)26-2)20(27(3,22)23)28(4,24)25/h5-8H,1-4H3,(H,17,18,21). The minimum atomic E-state index is -4.11. The molecule has 13 heteroatoms. The second-order valence-electron chi connectivity index (χ2n) is 6.03. The Kier molecular flexibility index (Phi) is 4.67. The van der Waals surface area contributed by atoms with Crippen LogP contribution in [0.1, 0.15) is 0 Å². The summed E-state index contributed by atoms with van der Waals surface area (Å²) in [6.07, 6.45) is 2.95. The SMILES string of the molecule is COc1cc(N(S(C)(=O)=O)S(C)(=O)=O)ccc1-c1nc2c(cnn2C)c(=O)[nH]1. The number of aryl methyl sites for hydroxylation is 1. The van der Waals surface area contributed by atoms with E-state index in [1.54, 1.807) is 7.05 Å². The van der Waals surface area contributed by atoms with Crippen LogP contribution in [0, 0.1) is 0 Å². The minimum absolute atomic E-state index is 0.125. The number of ether oxygens (including phenoxy) is 1. The third-order valence-electron chi connectivity index (χ3n) is 3.86. The van der Waals surface area contributed by atoms with Crippen LogP contribution >= 0.6 is 0 Å². The Hall–Kier alpha value is -2.93. The lowest BCUT2D eigenvalue weighted by atomic mass is 10.1. The molecule has 0 bridgehead atoms. The summed E-state index contributed by atoms with van der Waals surface area (Å²) in [6.45, 7) is 0. The second-order valence-corrected chi connectivity index (χ2v) is 9.92. The summed E-state index contributed by atoms with van der Waals surface area (Å²) in [5, 5.41) is 4.30. The van der Waals surface area contributed by atoms with E-state index in [1.165, 1.54) is 36.2 Å². The lowest BCUT2D eigenvalue weighted by Crippen LogP contribution is -2.35. The zero-order valence-electron chi connectivity index (χ0n) is 15.4. The Balaban J connectivity index is 2.23. The summed E-state index contributed by atoms with van der Waals surface area (Å²) in [5.41, 5.74) is 0.148. The van der Waals surface area contributed by atoms with E-state index in [0.717, 1.165) is 12.5 Å². The van der Waals surface area contributed by atoms with Crippen molar-refractivity contribution < 1.29 is 21.6 Å².